The van der Waals surface area contributed by atoms with Gasteiger partial charge >= 0.3 is 0 Å². The smallest absolute Gasteiger partial charge is 0.0528 e. The summed E-state index contributed by atoms with van der Waals surface area (Å²) in [4.78, 5) is -0.256. The van der Waals surface area contributed by atoms with Crippen LogP contribution in [-0.4, -0.2) is 16.1 Å². The van der Waals surface area contributed by atoms with E-state index in [1.54, 1.807) is 6.92 Å². The van der Waals surface area contributed by atoms with E-state index in [4.69, 9.17) is 16.7 Å². The van der Waals surface area contributed by atoms with Gasteiger partial charge in [-0.05, 0) is 27.2 Å². The molecule has 0 aliphatic carbocycles. The molecule has 1 atom stereocenters. The van der Waals surface area contributed by atoms with Crippen molar-refractivity contribution in [2.45, 2.75) is 38.2 Å². The monoisotopic (exact) mass is 136 g/mol. The molecule has 0 amide bonds. The zero-order chi connectivity index (χ0) is 6.78. The molecule has 2 heteroatoms. The second-order valence-corrected chi connectivity index (χ2v) is 3.80. The maximum atomic E-state index is 8.80. The molecule has 0 heterocycles. The lowest BCUT2D eigenvalue weighted by Crippen LogP contribution is -2.17. The van der Waals surface area contributed by atoms with Gasteiger partial charge in [0.15, 0.2) is 0 Å². The molecule has 0 spiro atoms. The molecule has 0 aliphatic heterocycles. The lowest BCUT2D eigenvalue weighted by Gasteiger charge is -2.16. The van der Waals surface area contributed by atoms with Crippen molar-refractivity contribution in [1.29, 1.82) is 0 Å². The Hall–Kier alpha value is 0.250. The third-order valence-electron chi connectivity index (χ3n) is 0.781. The summed E-state index contributed by atoms with van der Waals surface area (Å²) in [7, 11) is 0. The lowest BCUT2D eigenvalue weighted by molar-refractivity contribution is 0.173. The first kappa shape index (κ1) is 8.25. The first-order valence-corrected chi connectivity index (χ1v) is 3.16. The van der Waals surface area contributed by atoms with Gasteiger partial charge < -0.3 is 5.11 Å². The van der Waals surface area contributed by atoms with E-state index in [1.807, 2.05) is 13.8 Å². The summed E-state index contributed by atoms with van der Waals surface area (Å²) < 4.78 is 0. The van der Waals surface area contributed by atoms with E-state index < -0.39 is 0 Å². The molecule has 0 aromatic carbocycles. The SMILES string of the molecule is CC(O)CC(C)(C)Cl. The predicted octanol–water partition coefficient (Wildman–Crippen LogP) is 1.77. The highest BCUT2D eigenvalue weighted by molar-refractivity contribution is 6.23. The van der Waals surface area contributed by atoms with Gasteiger partial charge in [0.2, 0.25) is 0 Å². The average molecular weight is 137 g/mol. The normalized spacial score (nSPS) is 16.1. The first-order valence-electron chi connectivity index (χ1n) is 2.79. The number of hydrogen-bond donors (Lipinski definition) is 1. The molecule has 1 unspecified atom stereocenters. The topological polar surface area (TPSA) is 20.2 Å². The molecule has 0 bridgehead atoms. The number of aliphatic hydroxyl groups excluding tert-OH is 1. The second kappa shape index (κ2) is 2.70. The van der Waals surface area contributed by atoms with Crippen molar-refractivity contribution in [3.05, 3.63) is 0 Å². The molecule has 0 saturated carbocycles. The summed E-state index contributed by atoms with van der Waals surface area (Å²) in [6, 6.07) is 0. The van der Waals surface area contributed by atoms with Gasteiger partial charge in [0.05, 0.1) is 6.10 Å². The van der Waals surface area contributed by atoms with E-state index in [0.29, 0.717) is 6.42 Å². The molecule has 0 aromatic heterocycles. The zero-order valence-electron chi connectivity index (χ0n) is 5.61. The van der Waals surface area contributed by atoms with Crippen LogP contribution in [0.4, 0.5) is 0 Å². The van der Waals surface area contributed by atoms with Gasteiger partial charge in [-0.15, -0.1) is 11.6 Å². The van der Waals surface area contributed by atoms with Crippen LogP contribution in [0.5, 0.6) is 0 Å². The molecule has 50 valence electrons. The highest BCUT2D eigenvalue weighted by atomic mass is 35.5. The van der Waals surface area contributed by atoms with E-state index in [1.165, 1.54) is 0 Å². The molecule has 0 fully saturated rings. The molecule has 1 N–H and O–H groups in total. The Balaban J connectivity index is 3.39. The fourth-order valence-electron chi connectivity index (χ4n) is 0.702. The summed E-state index contributed by atoms with van der Waals surface area (Å²) in [5.74, 6) is 0. The maximum Gasteiger partial charge on any atom is 0.0528 e. The minimum absolute atomic E-state index is 0.256. The van der Waals surface area contributed by atoms with Crippen molar-refractivity contribution in [3.8, 4) is 0 Å². The Kier molecular flexibility index (Phi) is 2.78. The van der Waals surface area contributed by atoms with Gasteiger partial charge in [0, 0.05) is 4.87 Å². The minimum Gasteiger partial charge on any atom is -0.393 e. The van der Waals surface area contributed by atoms with Crippen LogP contribution in [0.15, 0.2) is 0 Å². The van der Waals surface area contributed by atoms with Crippen molar-refractivity contribution in [2.75, 3.05) is 0 Å². The van der Waals surface area contributed by atoms with E-state index in [9.17, 15) is 0 Å². The highest BCUT2D eigenvalue weighted by Gasteiger charge is 2.15. The average Bonchev–Trinajstić information content (AvgIpc) is 1.21. The van der Waals surface area contributed by atoms with Gasteiger partial charge in [-0.2, -0.15) is 0 Å². The van der Waals surface area contributed by atoms with Gasteiger partial charge in [0.25, 0.3) is 0 Å². The van der Waals surface area contributed by atoms with Gasteiger partial charge in [-0.3, -0.25) is 0 Å². The number of aliphatic hydroxyl groups is 1. The largest absolute Gasteiger partial charge is 0.393 e. The van der Waals surface area contributed by atoms with Crippen LogP contribution in [0.2, 0.25) is 0 Å². The molecule has 0 radical (unpaired) electrons. The third kappa shape index (κ3) is 6.25. The van der Waals surface area contributed by atoms with E-state index in [0.717, 1.165) is 0 Å². The maximum absolute atomic E-state index is 8.80. The Morgan fingerprint density at radius 3 is 2.00 bits per heavy atom. The van der Waals surface area contributed by atoms with Crippen LogP contribution in [-0.2, 0) is 0 Å². The molecule has 0 saturated heterocycles. The zero-order valence-corrected chi connectivity index (χ0v) is 6.37. The fourth-order valence-corrected chi connectivity index (χ4v) is 0.926. The number of halogens is 1. The summed E-state index contributed by atoms with van der Waals surface area (Å²) >= 11 is 5.77. The van der Waals surface area contributed by atoms with E-state index in [-0.39, 0.29) is 11.0 Å². The Labute approximate surface area is 55.7 Å². The summed E-state index contributed by atoms with van der Waals surface area (Å²) in [6.45, 7) is 5.52. The number of alkyl halides is 1. The first-order chi connectivity index (χ1) is 3.42. The predicted molar refractivity (Wildman–Crippen MR) is 36.2 cm³/mol. The van der Waals surface area contributed by atoms with Crippen LogP contribution in [0.25, 0.3) is 0 Å². The summed E-state index contributed by atoms with van der Waals surface area (Å²) in [6.07, 6.45) is 0.358. The Morgan fingerprint density at radius 2 is 2.00 bits per heavy atom. The van der Waals surface area contributed by atoms with Crippen LogP contribution in [0, 0.1) is 0 Å². The van der Waals surface area contributed by atoms with Crippen molar-refractivity contribution in [1.82, 2.24) is 0 Å². The standard InChI is InChI=1S/C6H13ClO/c1-5(8)4-6(2,3)7/h5,8H,4H2,1-3H3. The van der Waals surface area contributed by atoms with E-state index >= 15 is 0 Å². The summed E-state index contributed by atoms with van der Waals surface area (Å²) in [5, 5.41) is 8.80. The second-order valence-electron chi connectivity index (χ2n) is 2.77. The molecule has 0 aromatic rings. The van der Waals surface area contributed by atoms with Crippen molar-refractivity contribution < 1.29 is 5.11 Å². The Morgan fingerprint density at radius 1 is 1.62 bits per heavy atom. The summed E-state index contributed by atoms with van der Waals surface area (Å²) in [5.41, 5.74) is 0. The minimum atomic E-state index is -0.289. The number of rotatable bonds is 2. The van der Waals surface area contributed by atoms with Gasteiger partial charge in [-0.1, -0.05) is 0 Å². The molecular formula is C6H13ClO. The van der Waals surface area contributed by atoms with E-state index in [2.05, 4.69) is 0 Å². The van der Waals surface area contributed by atoms with Crippen molar-refractivity contribution >= 4 is 11.6 Å². The van der Waals surface area contributed by atoms with Crippen LogP contribution >= 0.6 is 11.6 Å². The van der Waals surface area contributed by atoms with Crippen LogP contribution < -0.4 is 0 Å². The van der Waals surface area contributed by atoms with Crippen molar-refractivity contribution in [2.24, 2.45) is 0 Å². The Bertz CT molecular complexity index is 63.4. The molecule has 0 aliphatic rings. The molecule has 0 rings (SSSR count). The highest BCUT2D eigenvalue weighted by Crippen LogP contribution is 2.18. The molecule has 8 heavy (non-hydrogen) atoms. The molecular weight excluding hydrogens is 124 g/mol. The molecule has 1 nitrogen and oxygen atoms in total. The van der Waals surface area contributed by atoms with Gasteiger partial charge in [-0.25, -0.2) is 0 Å². The fraction of sp³-hybridized carbons (Fsp3) is 1.00. The quantitative estimate of drug-likeness (QED) is 0.574. The van der Waals surface area contributed by atoms with Crippen LogP contribution in [0.3, 0.4) is 0 Å². The third-order valence-corrected chi connectivity index (χ3v) is 0.935. The van der Waals surface area contributed by atoms with Crippen LogP contribution in [0.1, 0.15) is 27.2 Å². The van der Waals surface area contributed by atoms with Crippen molar-refractivity contribution in [3.63, 3.8) is 0 Å². The lowest BCUT2D eigenvalue weighted by atomic mass is 10.1. The number of hydrogen-bond acceptors (Lipinski definition) is 1. The van der Waals surface area contributed by atoms with Gasteiger partial charge in [0.1, 0.15) is 0 Å².